The second kappa shape index (κ2) is 10.6. The fourth-order valence-corrected chi connectivity index (χ4v) is 5.25. The molecule has 188 valence electrons. The minimum Gasteiger partial charge on any atom is -0.352 e. The van der Waals surface area contributed by atoms with Crippen molar-refractivity contribution in [3.05, 3.63) is 113 Å². The van der Waals surface area contributed by atoms with Crippen molar-refractivity contribution in [3.63, 3.8) is 0 Å². The molecule has 0 radical (unpaired) electrons. The van der Waals surface area contributed by atoms with E-state index in [0.29, 0.717) is 18.1 Å². The normalized spacial score (nSPS) is 17.1. The van der Waals surface area contributed by atoms with Gasteiger partial charge in [-0.1, -0.05) is 30.3 Å². The topological polar surface area (TPSA) is 62.2 Å². The third-order valence-corrected chi connectivity index (χ3v) is 7.16. The van der Waals surface area contributed by atoms with Crippen molar-refractivity contribution >= 4 is 28.9 Å². The molecule has 0 bridgehead atoms. The zero-order valence-electron chi connectivity index (χ0n) is 21.3. The molecule has 2 unspecified atom stereocenters. The Morgan fingerprint density at radius 3 is 2.62 bits per heavy atom. The number of rotatable bonds is 7. The first kappa shape index (κ1) is 24.7. The van der Waals surface area contributed by atoms with Crippen molar-refractivity contribution < 1.29 is 4.79 Å². The molecule has 1 amide bonds. The largest absolute Gasteiger partial charge is 0.352 e. The summed E-state index contributed by atoms with van der Waals surface area (Å²) in [5.74, 6) is -0.0365. The molecule has 37 heavy (non-hydrogen) atoms. The predicted octanol–water partition coefficient (Wildman–Crippen LogP) is 5.80. The molecule has 0 saturated carbocycles. The number of hydrogen-bond acceptors (Lipinski definition) is 3. The van der Waals surface area contributed by atoms with Gasteiger partial charge >= 0.3 is 0 Å². The van der Waals surface area contributed by atoms with Crippen molar-refractivity contribution in [2.75, 3.05) is 11.9 Å². The molecule has 0 aliphatic carbocycles. The summed E-state index contributed by atoms with van der Waals surface area (Å²) >= 11 is 5.81. The van der Waals surface area contributed by atoms with Gasteiger partial charge in [0.05, 0.1) is 17.8 Å². The second-order valence-corrected chi connectivity index (χ2v) is 9.97. The molecule has 0 spiro atoms. The monoisotopic (exact) mass is 509 g/mol. The molecule has 2 aromatic carbocycles. The number of carbonyl (C=O) groups excluding carboxylic acids is 1. The number of carbonyl (C=O) groups is 1. The molecular weight excluding hydrogens is 478 g/mol. The van der Waals surface area contributed by atoms with Gasteiger partial charge in [0.15, 0.2) is 5.11 Å². The van der Waals surface area contributed by atoms with E-state index in [-0.39, 0.29) is 18.0 Å². The molecule has 4 aromatic rings. The second-order valence-electron chi connectivity index (χ2n) is 9.58. The smallest absolute Gasteiger partial charge is 0.226 e. The molecule has 3 heterocycles. The van der Waals surface area contributed by atoms with Crippen molar-refractivity contribution in [1.29, 1.82) is 0 Å². The Bertz CT molecular complexity index is 1430. The zero-order chi connectivity index (χ0) is 25.9. The van der Waals surface area contributed by atoms with E-state index in [9.17, 15) is 4.79 Å². The number of anilines is 1. The summed E-state index contributed by atoms with van der Waals surface area (Å²) in [6.07, 6.45) is 4.19. The highest BCUT2D eigenvalue weighted by molar-refractivity contribution is 7.80. The standard InChI is InChI=1S/C30H31N5OS/c1-20-8-6-9-23(18-20)34-16-7-11-26(34)29-28(24-10-4-5-15-31-24)33-30(37)35(29)17-14-27(36)32-25-19-21(2)12-13-22(25)3/h4-13,15-16,18-19,28-29H,14,17H2,1-3H3,(H,32,36)(H,33,37). The lowest BCUT2D eigenvalue weighted by molar-refractivity contribution is -0.116. The van der Waals surface area contributed by atoms with Crippen LogP contribution < -0.4 is 10.6 Å². The molecule has 2 atom stereocenters. The van der Waals surface area contributed by atoms with E-state index >= 15 is 0 Å². The van der Waals surface area contributed by atoms with Crippen molar-refractivity contribution in [1.82, 2.24) is 19.8 Å². The number of nitrogens with one attached hydrogen (secondary N) is 2. The molecule has 2 N–H and O–H groups in total. The molecule has 6 nitrogen and oxygen atoms in total. The minimum absolute atomic E-state index is 0.0365. The van der Waals surface area contributed by atoms with Gasteiger partial charge in [-0.05, 0) is 92.1 Å². The molecule has 1 aliphatic rings. The van der Waals surface area contributed by atoms with Gasteiger partial charge < -0.3 is 20.1 Å². The Hall–Kier alpha value is -3.97. The van der Waals surface area contributed by atoms with Crippen molar-refractivity contribution in [2.24, 2.45) is 0 Å². The van der Waals surface area contributed by atoms with E-state index in [0.717, 1.165) is 33.9 Å². The van der Waals surface area contributed by atoms with Crippen LogP contribution in [0.4, 0.5) is 5.69 Å². The fourth-order valence-electron chi connectivity index (χ4n) is 4.92. The van der Waals surface area contributed by atoms with Gasteiger partial charge in [-0.3, -0.25) is 9.78 Å². The minimum atomic E-state index is -0.144. The van der Waals surface area contributed by atoms with Crippen LogP contribution in [0.3, 0.4) is 0 Å². The number of hydrogen-bond donors (Lipinski definition) is 2. The summed E-state index contributed by atoms with van der Waals surface area (Å²) in [7, 11) is 0. The number of benzene rings is 2. The Balaban J connectivity index is 1.44. The van der Waals surface area contributed by atoms with E-state index in [1.165, 1.54) is 5.56 Å². The zero-order valence-corrected chi connectivity index (χ0v) is 22.1. The number of amides is 1. The van der Waals surface area contributed by atoms with Crippen molar-refractivity contribution in [2.45, 2.75) is 39.3 Å². The maximum atomic E-state index is 13.0. The first-order valence-corrected chi connectivity index (χ1v) is 12.9. The molecular formula is C30H31N5OS. The number of pyridine rings is 1. The highest BCUT2D eigenvalue weighted by Crippen LogP contribution is 2.39. The van der Waals surface area contributed by atoms with Gasteiger partial charge in [0, 0.05) is 42.4 Å². The van der Waals surface area contributed by atoms with E-state index in [4.69, 9.17) is 12.2 Å². The number of aromatic nitrogens is 2. The van der Waals surface area contributed by atoms with Crippen LogP contribution in [0.25, 0.3) is 5.69 Å². The molecule has 5 rings (SSSR count). The van der Waals surface area contributed by atoms with Gasteiger partial charge in [0.25, 0.3) is 0 Å². The van der Waals surface area contributed by atoms with Gasteiger partial charge in [0.1, 0.15) is 0 Å². The quantitative estimate of drug-likeness (QED) is 0.309. The lowest BCUT2D eigenvalue weighted by atomic mass is 10.0. The van der Waals surface area contributed by atoms with Crippen LogP contribution in [0.15, 0.2) is 85.2 Å². The molecule has 1 aliphatic heterocycles. The van der Waals surface area contributed by atoms with Crippen LogP contribution in [0, 0.1) is 20.8 Å². The van der Waals surface area contributed by atoms with Crippen molar-refractivity contribution in [3.8, 4) is 5.69 Å². The summed E-state index contributed by atoms with van der Waals surface area (Å²) < 4.78 is 2.20. The average molecular weight is 510 g/mol. The van der Waals surface area contributed by atoms with Gasteiger partial charge in [-0.2, -0.15) is 0 Å². The first-order valence-electron chi connectivity index (χ1n) is 12.5. The van der Waals surface area contributed by atoms with E-state index in [2.05, 4.69) is 74.6 Å². The van der Waals surface area contributed by atoms with E-state index in [1.807, 2.05) is 50.2 Å². The number of aryl methyl sites for hydroxylation is 3. The van der Waals surface area contributed by atoms with Crippen LogP contribution in [-0.4, -0.2) is 32.0 Å². The van der Waals surface area contributed by atoms with Gasteiger partial charge in [0.2, 0.25) is 5.91 Å². The Labute approximate surface area is 223 Å². The summed E-state index contributed by atoms with van der Waals surface area (Å²) in [5.41, 5.74) is 7.28. The van der Waals surface area contributed by atoms with Crippen LogP contribution >= 0.6 is 12.2 Å². The SMILES string of the molecule is Cc1cccc(-n2cccc2C2C(c3ccccn3)NC(=S)N2CCC(=O)Nc2cc(C)ccc2C)c1. The number of nitrogens with zero attached hydrogens (tertiary/aromatic N) is 3. The fraction of sp³-hybridized carbons (Fsp3) is 0.233. The molecule has 7 heteroatoms. The maximum Gasteiger partial charge on any atom is 0.226 e. The average Bonchev–Trinajstić information content (AvgIpc) is 3.49. The maximum absolute atomic E-state index is 13.0. The summed E-state index contributed by atoms with van der Waals surface area (Å²) in [6.45, 7) is 6.60. The third kappa shape index (κ3) is 5.27. The van der Waals surface area contributed by atoms with E-state index in [1.54, 1.807) is 6.20 Å². The highest BCUT2D eigenvalue weighted by Gasteiger charge is 2.41. The third-order valence-electron chi connectivity index (χ3n) is 6.81. The molecule has 2 aromatic heterocycles. The lowest BCUT2D eigenvalue weighted by Crippen LogP contribution is -2.33. The van der Waals surface area contributed by atoms with Crippen LogP contribution in [-0.2, 0) is 4.79 Å². The highest BCUT2D eigenvalue weighted by atomic mass is 32.1. The molecule has 1 fully saturated rings. The van der Waals surface area contributed by atoms with Gasteiger partial charge in [-0.15, -0.1) is 0 Å². The van der Waals surface area contributed by atoms with E-state index < -0.39 is 0 Å². The summed E-state index contributed by atoms with van der Waals surface area (Å²) in [6, 6.07) is 24.3. The van der Waals surface area contributed by atoms with Gasteiger partial charge in [-0.25, -0.2) is 0 Å². The Morgan fingerprint density at radius 1 is 1.00 bits per heavy atom. The Morgan fingerprint density at radius 2 is 1.84 bits per heavy atom. The van der Waals surface area contributed by atoms with Crippen LogP contribution in [0.2, 0.25) is 0 Å². The Kier molecular flexibility index (Phi) is 7.06. The predicted molar refractivity (Wildman–Crippen MR) is 152 cm³/mol. The first-order chi connectivity index (χ1) is 17.9. The lowest BCUT2D eigenvalue weighted by Gasteiger charge is -2.29. The summed E-state index contributed by atoms with van der Waals surface area (Å²) in [4.78, 5) is 19.8. The summed E-state index contributed by atoms with van der Waals surface area (Å²) in [5, 5.41) is 7.19. The number of thiocarbonyl (C=S) groups is 1. The van der Waals surface area contributed by atoms with Crippen LogP contribution in [0.1, 0.15) is 46.6 Å². The molecule has 1 saturated heterocycles. The van der Waals surface area contributed by atoms with Crippen LogP contribution in [0.5, 0.6) is 0 Å².